The summed E-state index contributed by atoms with van der Waals surface area (Å²) in [6, 6.07) is 7.52. The molecule has 1 aromatic rings. The summed E-state index contributed by atoms with van der Waals surface area (Å²) in [6.45, 7) is 0.577. The van der Waals surface area contributed by atoms with Crippen LogP contribution in [0, 0.1) is 0 Å². The first-order valence-corrected chi connectivity index (χ1v) is 6.22. The van der Waals surface area contributed by atoms with E-state index in [9.17, 15) is 4.79 Å². The van der Waals surface area contributed by atoms with Gasteiger partial charge in [0.1, 0.15) is 0 Å². The number of carbonyl (C=O) groups is 1. The summed E-state index contributed by atoms with van der Waals surface area (Å²) in [7, 11) is 0. The fourth-order valence-corrected chi connectivity index (χ4v) is 1.51. The van der Waals surface area contributed by atoms with Crippen molar-refractivity contribution in [3.05, 3.63) is 29.8 Å². The van der Waals surface area contributed by atoms with Gasteiger partial charge in [-0.05, 0) is 24.0 Å². The maximum absolute atomic E-state index is 11.3. The van der Waals surface area contributed by atoms with Crippen LogP contribution < -0.4 is 11.1 Å². The molecule has 0 aliphatic heterocycles. The smallest absolute Gasteiger partial charge is 0.221 e. The molecular formula is C11H16N2OS. The molecule has 4 heteroatoms. The zero-order valence-electron chi connectivity index (χ0n) is 8.82. The standard InChI is InChI=1S/C11H16N2OS/c1-15-7-6-11(14)13-8-9-2-4-10(12)5-3-9/h2-5H,6-8,12H2,1H3,(H,13,14). The Bertz CT molecular complexity index is 311. The second-order valence-corrected chi connectivity index (χ2v) is 4.25. The van der Waals surface area contributed by atoms with Crippen molar-refractivity contribution in [2.75, 3.05) is 17.7 Å². The minimum atomic E-state index is 0.0983. The van der Waals surface area contributed by atoms with E-state index in [1.165, 1.54) is 0 Å². The van der Waals surface area contributed by atoms with E-state index >= 15 is 0 Å². The predicted molar refractivity (Wildman–Crippen MR) is 65.7 cm³/mol. The zero-order chi connectivity index (χ0) is 11.1. The summed E-state index contributed by atoms with van der Waals surface area (Å²) >= 11 is 1.68. The maximum atomic E-state index is 11.3. The molecule has 0 fully saturated rings. The lowest BCUT2D eigenvalue weighted by Crippen LogP contribution is -2.22. The van der Waals surface area contributed by atoms with Gasteiger partial charge in [0.05, 0.1) is 0 Å². The molecule has 15 heavy (non-hydrogen) atoms. The number of rotatable bonds is 5. The van der Waals surface area contributed by atoms with Crippen LogP contribution in [0.15, 0.2) is 24.3 Å². The number of hydrogen-bond donors (Lipinski definition) is 2. The number of carbonyl (C=O) groups excluding carboxylic acids is 1. The average molecular weight is 224 g/mol. The molecule has 0 atom stereocenters. The number of thioether (sulfide) groups is 1. The van der Waals surface area contributed by atoms with Crippen LogP contribution in [-0.4, -0.2) is 17.9 Å². The van der Waals surface area contributed by atoms with Crippen molar-refractivity contribution in [2.24, 2.45) is 0 Å². The van der Waals surface area contributed by atoms with Gasteiger partial charge in [0.2, 0.25) is 5.91 Å². The molecule has 1 rings (SSSR count). The van der Waals surface area contributed by atoms with E-state index in [0.717, 1.165) is 17.0 Å². The highest BCUT2D eigenvalue weighted by Gasteiger charge is 1.99. The van der Waals surface area contributed by atoms with Gasteiger partial charge in [-0.15, -0.1) is 0 Å². The first-order valence-electron chi connectivity index (χ1n) is 4.82. The SMILES string of the molecule is CSCCC(=O)NCc1ccc(N)cc1. The molecule has 0 unspecified atom stereocenters. The third-order valence-corrected chi connectivity index (χ3v) is 2.62. The fraction of sp³-hybridized carbons (Fsp3) is 0.364. The molecule has 0 spiro atoms. The van der Waals surface area contributed by atoms with Crippen LogP contribution in [0.2, 0.25) is 0 Å². The Morgan fingerprint density at radius 3 is 2.67 bits per heavy atom. The lowest BCUT2D eigenvalue weighted by Gasteiger charge is -2.04. The van der Waals surface area contributed by atoms with Crippen LogP contribution in [0.25, 0.3) is 0 Å². The number of nitrogen functional groups attached to an aromatic ring is 1. The molecule has 0 aromatic heterocycles. The molecule has 3 nitrogen and oxygen atoms in total. The van der Waals surface area contributed by atoms with Crippen molar-refractivity contribution in [3.63, 3.8) is 0 Å². The number of nitrogens with one attached hydrogen (secondary N) is 1. The van der Waals surface area contributed by atoms with Gasteiger partial charge >= 0.3 is 0 Å². The number of benzene rings is 1. The highest BCUT2D eigenvalue weighted by molar-refractivity contribution is 7.98. The van der Waals surface area contributed by atoms with Gasteiger partial charge in [-0.1, -0.05) is 12.1 Å². The summed E-state index contributed by atoms with van der Waals surface area (Å²) in [5, 5.41) is 2.86. The van der Waals surface area contributed by atoms with Crippen molar-refractivity contribution >= 4 is 23.4 Å². The van der Waals surface area contributed by atoms with Gasteiger partial charge in [-0.3, -0.25) is 4.79 Å². The maximum Gasteiger partial charge on any atom is 0.221 e. The minimum absolute atomic E-state index is 0.0983. The number of nitrogens with two attached hydrogens (primary N) is 1. The molecule has 3 N–H and O–H groups in total. The largest absolute Gasteiger partial charge is 0.399 e. The highest BCUT2D eigenvalue weighted by Crippen LogP contribution is 2.05. The van der Waals surface area contributed by atoms with Gasteiger partial charge in [0.25, 0.3) is 0 Å². The van der Waals surface area contributed by atoms with E-state index in [1.54, 1.807) is 11.8 Å². The van der Waals surface area contributed by atoms with Gasteiger partial charge < -0.3 is 11.1 Å². The van der Waals surface area contributed by atoms with Crippen LogP contribution >= 0.6 is 11.8 Å². The summed E-state index contributed by atoms with van der Waals surface area (Å²) in [6.07, 6.45) is 2.57. The Morgan fingerprint density at radius 1 is 1.40 bits per heavy atom. The van der Waals surface area contributed by atoms with Crippen molar-refractivity contribution in [1.29, 1.82) is 0 Å². The highest BCUT2D eigenvalue weighted by atomic mass is 32.2. The summed E-state index contributed by atoms with van der Waals surface area (Å²) in [4.78, 5) is 11.3. The van der Waals surface area contributed by atoms with Crippen LogP contribution in [0.4, 0.5) is 5.69 Å². The third kappa shape index (κ3) is 4.74. The summed E-state index contributed by atoms with van der Waals surface area (Å²) < 4.78 is 0. The topological polar surface area (TPSA) is 55.1 Å². The van der Waals surface area contributed by atoms with Gasteiger partial charge in [-0.25, -0.2) is 0 Å². The monoisotopic (exact) mass is 224 g/mol. The normalized spacial score (nSPS) is 9.93. The van der Waals surface area contributed by atoms with Crippen LogP contribution in [-0.2, 0) is 11.3 Å². The van der Waals surface area contributed by atoms with E-state index in [2.05, 4.69) is 5.32 Å². The lowest BCUT2D eigenvalue weighted by molar-refractivity contribution is -0.120. The second-order valence-electron chi connectivity index (χ2n) is 3.26. The van der Waals surface area contributed by atoms with E-state index in [-0.39, 0.29) is 5.91 Å². The molecule has 1 aromatic carbocycles. The van der Waals surface area contributed by atoms with Gasteiger partial charge in [0.15, 0.2) is 0 Å². The van der Waals surface area contributed by atoms with Crippen molar-refractivity contribution < 1.29 is 4.79 Å². The quantitative estimate of drug-likeness (QED) is 0.748. The Morgan fingerprint density at radius 2 is 2.07 bits per heavy atom. The summed E-state index contributed by atoms with van der Waals surface area (Å²) in [5.41, 5.74) is 7.37. The lowest BCUT2D eigenvalue weighted by atomic mass is 10.2. The molecule has 0 heterocycles. The van der Waals surface area contributed by atoms with Gasteiger partial charge in [0, 0.05) is 24.4 Å². The number of anilines is 1. The van der Waals surface area contributed by atoms with Crippen LogP contribution in [0.1, 0.15) is 12.0 Å². The van der Waals surface area contributed by atoms with E-state index < -0.39 is 0 Å². The Kier molecular flexibility index (Phi) is 5.04. The first-order chi connectivity index (χ1) is 7.22. The van der Waals surface area contributed by atoms with E-state index in [1.807, 2.05) is 30.5 Å². The van der Waals surface area contributed by atoms with Crippen LogP contribution in [0.3, 0.4) is 0 Å². The molecule has 0 radical (unpaired) electrons. The molecule has 0 aliphatic carbocycles. The summed E-state index contributed by atoms with van der Waals surface area (Å²) in [5.74, 6) is 0.967. The first kappa shape index (κ1) is 11.9. The molecule has 82 valence electrons. The molecule has 0 aliphatic rings. The Labute approximate surface area is 94.4 Å². The molecule has 0 saturated heterocycles. The van der Waals surface area contributed by atoms with E-state index in [4.69, 9.17) is 5.73 Å². The predicted octanol–water partition coefficient (Wildman–Crippen LogP) is 1.64. The Balaban J connectivity index is 2.30. The van der Waals surface area contributed by atoms with E-state index in [0.29, 0.717) is 13.0 Å². The van der Waals surface area contributed by atoms with Crippen molar-refractivity contribution in [3.8, 4) is 0 Å². The number of hydrogen-bond acceptors (Lipinski definition) is 3. The van der Waals surface area contributed by atoms with Crippen LogP contribution in [0.5, 0.6) is 0 Å². The second kappa shape index (κ2) is 6.35. The molecule has 0 bridgehead atoms. The Hall–Kier alpha value is -1.16. The molecule has 0 saturated carbocycles. The zero-order valence-corrected chi connectivity index (χ0v) is 9.64. The van der Waals surface area contributed by atoms with Gasteiger partial charge in [-0.2, -0.15) is 11.8 Å². The van der Waals surface area contributed by atoms with Crippen molar-refractivity contribution in [2.45, 2.75) is 13.0 Å². The molecular weight excluding hydrogens is 208 g/mol. The third-order valence-electron chi connectivity index (χ3n) is 2.00. The minimum Gasteiger partial charge on any atom is -0.399 e. The fourth-order valence-electron chi connectivity index (χ4n) is 1.12. The average Bonchev–Trinajstić information content (AvgIpc) is 2.25. The molecule has 1 amide bonds. The van der Waals surface area contributed by atoms with Crippen molar-refractivity contribution in [1.82, 2.24) is 5.32 Å². The number of amides is 1.